The van der Waals surface area contributed by atoms with Crippen molar-refractivity contribution < 1.29 is 14.7 Å². The van der Waals surface area contributed by atoms with E-state index in [9.17, 15) is 9.59 Å². The molecule has 1 aliphatic rings. The summed E-state index contributed by atoms with van der Waals surface area (Å²) in [4.78, 5) is 29.3. The monoisotopic (exact) mass is 433 g/mol. The smallest absolute Gasteiger partial charge is 0.355 e. The molecule has 2 aromatic rings. The van der Waals surface area contributed by atoms with E-state index in [1.807, 2.05) is 4.90 Å². The lowest BCUT2D eigenvalue weighted by atomic mass is 10.0. The molecule has 29 heavy (non-hydrogen) atoms. The Morgan fingerprint density at radius 2 is 2.24 bits per heavy atom. The number of anilines is 1. The number of hydrogen-bond donors (Lipinski definition) is 2. The topological polar surface area (TPSA) is 82.5 Å². The summed E-state index contributed by atoms with van der Waals surface area (Å²) in [5, 5.41) is 14.1. The number of likely N-dealkylation sites (tertiary alicyclic amines) is 1. The number of carbonyl (C=O) groups excluding carboxylic acids is 1. The van der Waals surface area contributed by atoms with Crippen LogP contribution in [0.1, 0.15) is 54.2 Å². The summed E-state index contributed by atoms with van der Waals surface area (Å²) in [6.07, 6.45) is 1.45. The van der Waals surface area contributed by atoms with Crippen LogP contribution < -0.4 is 5.32 Å². The summed E-state index contributed by atoms with van der Waals surface area (Å²) >= 11 is 2.83. The molecule has 156 valence electrons. The summed E-state index contributed by atoms with van der Waals surface area (Å²) in [6, 6.07) is 6.70. The lowest BCUT2D eigenvalue weighted by molar-refractivity contribution is -0.128. The summed E-state index contributed by atoms with van der Waals surface area (Å²) in [7, 11) is 0. The number of carbonyl (C=O) groups is 2. The predicted octanol–water partition coefficient (Wildman–Crippen LogP) is 4.47. The third kappa shape index (κ3) is 5.51. The van der Waals surface area contributed by atoms with E-state index in [0.717, 1.165) is 23.0 Å². The molecule has 0 aliphatic carbocycles. The third-order valence-electron chi connectivity index (χ3n) is 5.17. The number of rotatable bonds is 9. The molecule has 3 rings (SSSR count). The Morgan fingerprint density at radius 3 is 2.93 bits per heavy atom. The van der Waals surface area contributed by atoms with Gasteiger partial charge in [-0.25, -0.2) is 9.78 Å². The molecule has 0 bridgehead atoms. The molecule has 1 aliphatic heterocycles. The second-order valence-corrected chi connectivity index (χ2v) is 9.74. The minimum absolute atomic E-state index is 0.0795. The number of aromatic carboxylic acids is 1. The zero-order valence-electron chi connectivity index (χ0n) is 17.0. The first-order valence-corrected chi connectivity index (χ1v) is 11.7. The Hall–Kier alpha value is -2.06. The van der Waals surface area contributed by atoms with Crippen LogP contribution in [0.2, 0.25) is 0 Å². The van der Waals surface area contributed by atoms with Crippen molar-refractivity contribution in [2.75, 3.05) is 24.2 Å². The zero-order valence-corrected chi connectivity index (χ0v) is 18.6. The van der Waals surface area contributed by atoms with Gasteiger partial charge in [-0.1, -0.05) is 37.7 Å². The Bertz CT molecular complexity index is 882. The number of thiazole rings is 1. The van der Waals surface area contributed by atoms with Gasteiger partial charge < -0.3 is 15.3 Å². The van der Waals surface area contributed by atoms with Crippen LogP contribution in [0.4, 0.5) is 5.69 Å². The van der Waals surface area contributed by atoms with Gasteiger partial charge in [-0.2, -0.15) is 0 Å². The van der Waals surface area contributed by atoms with Gasteiger partial charge in [-0.05, 0) is 36.5 Å². The van der Waals surface area contributed by atoms with Crippen molar-refractivity contribution in [3.05, 3.63) is 40.4 Å². The van der Waals surface area contributed by atoms with Crippen molar-refractivity contribution >= 4 is 40.7 Å². The Labute approximate surface area is 179 Å². The Morgan fingerprint density at radius 1 is 1.45 bits per heavy atom. The molecule has 1 aromatic heterocycles. The number of amides is 1. The van der Waals surface area contributed by atoms with Crippen molar-refractivity contribution in [3.8, 4) is 0 Å². The van der Waals surface area contributed by atoms with Gasteiger partial charge in [0, 0.05) is 42.4 Å². The van der Waals surface area contributed by atoms with E-state index in [1.165, 1.54) is 34.2 Å². The van der Waals surface area contributed by atoms with Gasteiger partial charge in [0.05, 0.1) is 0 Å². The number of hydrogen-bond acceptors (Lipinski definition) is 6. The van der Waals surface area contributed by atoms with Crippen LogP contribution in [0, 0.1) is 6.92 Å². The van der Waals surface area contributed by atoms with Crippen molar-refractivity contribution in [2.45, 2.75) is 49.9 Å². The molecule has 6 nitrogen and oxygen atoms in total. The van der Waals surface area contributed by atoms with Crippen LogP contribution in [0.5, 0.6) is 0 Å². The van der Waals surface area contributed by atoms with Crippen molar-refractivity contribution in [1.82, 2.24) is 9.88 Å². The second-order valence-electron chi connectivity index (χ2n) is 7.54. The minimum Gasteiger partial charge on any atom is -0.476 e. The quantitative estimate of drug-likeness (QED) is 0.568. The molecule has 0 radical (unpaired) electrons. The summed E-state index contributed by atoms with van der Waals surface area (Å²) in [5.41, 5.74) is 3.72. The van der Waals surface area contributed by atoms with Crippen molar-refractivity contribution in [2.24, 2.45) is 0 Å². The van der Waals surface area contributed by atoms with Crippen molar-refractivity contribution in [3.63, 3.8) is 0 Å². The highest BCUT2D eigenvalue weighted by Crippen LogP contribution is 2.26. The average Bonchev–Trinajstić information content (AvgIpc) is 3.29. The summed E-state index contributed by atoms with van der Waals surface area (Å²) in [5.74, 6) is 0.364. The summed E-state index contributed by atoms with van der Waals surface area (Å²) in [6.45, 7) is 7.85. The first-order valence-electron chi connectivity index (χ1n) is 9.80. The van der Waals surface area contributed by atoms with E-state index in [1.54, 1.807) is 5.38 Å². The van der Waals surface area contributed by atoms with Gasteiger partial charge >= 0.3 is 5.97 Å². The van der Waals surface area contributed by atoms with Crippen LogP contribution >= 0.6 is 23.1 Å². The van der Waals surface area contributed by atoms with E-state index in [4.69, 9.17) is 5.11 Å². The van der Waals surface area contributed by atoms with E-state index in [-0.39, 0.29) is 17.6 Å². The predicted molar refractivity (Wildman–Crippen MR) is 118 cm³/mol. The first-order chi connectivity index (χ1) is 13.8. The van der Waals surface area contributed by atoms with E-state index in [0.29, 0.717) is 24.6 Å². The van der Waals surface area contributed by atoms with Gasteiger partial charge in [0.2, 0.25) is 5.91 Å². The maximum atomic E-state index is 12.3. The number of aromatic nitrogens is 1. The van der Waals surface area contributed by atoms with Gasteiger partial charge in [0.25, 0.3) is 0 Å². The Kier molecular flexibility index (Phi) is 7.18. The molecule has 1 amide bonds. The lowest BCUT2D eigenvalue weighted by Gasteiger charge is -2.26. The highest BCUT2D eigenvalue weighted by molar-refractivity contribution is 8.01. The molecule has 2 heterocycles. The van der Waals surface area contributed by atoms with Crippen molar-refractivity contribution in [1.29, 1.82) is 0 Å². The zero-order chi connectivity index (χ0) is 21.0. The van der Waals surface area contributed by atoms with Gasteiger partial charge in [0.1, 0.15) is 0 Å². The molecule has 8 heteroatoms. The standard InChI is InChI=1S/C21H27N3O3S2/c1-13(2)15-5-4-14(3)17(10-15)22-11-16-6-7-19(25)24(16)8-9-28-21-23-18(12-29-21)20(26)27/h4-5,10,12-13,16,22H,6-9,11H2,1-3H3,(H,26,27). The molecule has 1 unspecified atom stereocenters. The molecule has 1 fully saturated rings. The highest BCUT2D eigenvalue weighted by Gasteiger charge is 2.30. The second kappa shape index (κ2) is 9.63. The van der Waals surface area contributed by atoms with Crippen LogP contribution in [0.15, 0.2) is 27.9 Å². The lowest BCUT2D eigenvalue weighted by Crippen LogP contribution is -2.39. The fraction of sp³-hybridized carbons (Fsp3) is 0.476. The fourth-order valence-corrected chi connectivity index (χ4v) is 5.19. The maximum Gasteiger partial charge on any atom is 0.355 e. The molecule has 1 saturated heterocycles. The average molecular weight is 434 g/mol. The normalized spacial score (nSPS) is 16.6. The minimum atomic E-state index is -1.01. The molecular formula is C21H27N3O3S2. The van der Waals surface area contributed by atoms with E-state index >= 15 is 0 Å². The van der Waals surface area contributed by atoms with E-state index in [2.05, 4.69) is 49.3 Å². The van der Waals surface area contributed by atoms with Crippen LogP contribution in [0.25, 0.3) is 0 Å². The Balaban J connectivity index is 1.54. The van der Waals surface area contributed by atoms with Gasteiger partial charge in [0.15, 0.2) is 10.0 Å². The molecule has 1 atom stereocenters. The molecule has 0 saturated carbocycles. The largest absolute Gasteiger partial charge is 0.476 e. The SMILES string of the molecule is Cc1ccc(C(C)C)cc1NCC1CCC(=O)N1CCSc1nc(C(=O)O)cs1. The van der Waals surface area contributed by atoms with Crippen LogP contribution in [-0.4, -0.2) is 51.8 Å². The fourth-order valence-electron chi connectivity index (χ4n) is 3.38. The van der Waals surface area contributed by atoms with Gasteiger partial charge in [-0.3, -0.25) is 4.79 Å². The number of aryl methyl sites for hydroxylation is 1. The number of carboxylic acids is 1. The number of benzene rings is 1. The van der Waals surface area contributed by atoms with Crippen LogP contribution in [-0.2, 0) is 4.79 Å². The molecule has 2 N–H and O–H groups in total. The molecule has 0 spiro atoms. The van der Waals surface area contributed by atoms with Gasteiger partial charge in [-0.15, -0.1) is 11.3 Å². The highest BCUT2D eigenvalue weighted by atomic mass is 32.2. The third-order valence-corrected chi connectivity index (χ3v) is 7.17. The summed E-state index contributed by atoms with van der Waals surface area (Å²) < 4.78 is 0.727. The molecule has 1 aromatic carbocycles. The number of nitrogens with one attached hydrogen (secondary N) is 1. The van der Waals surface area contributed by atoms with E-state index < -0.39 is 5.97 Å². The molecular weight excluding hydrogens is 406 g/mol. The first kappa shape index (κ1) is 21.6. The number of carboxylic acid groups (broad SMARTS) is 1. The number of thioether (sulfide) groups is 1. The van der Waals surface area contributed by atoms with Crippen LogP contribution in [0.3, 0.4) is 0 Å². The maximum absolute atomic E-state index is 12.3. The number of nitrogens with zero attached hydrogens (tertiary/aromatic N) is 2.